The zero-order valence-corrected chi connectivity index (χ0v) is 16.7. The van der Waals surface area contributed by atoms with Gasteiger partial charge < -0.3 is 19.7 Å². The van der Waals surface area contributed by atoms with Crippen LogP contribution in [0.1, 0.15) is 52.0 Å². The van der Waals surface area contributed by atoms with E-state index >= 15 is 0 Å². The van der Waals surface area contributed by atoms with Crippen molar-refractivity contribution in [2.45, 2.75) is 65.0 Å². The number of alkyl carbamates (subject to hydrolysis) is 1. The van der Waals surface area contributed by atoms with Crippen LogP contribution in [0.4, 0.5) is 4.79 Å². The molecule has 0 bridgehead atoms. The first-order chi connectivity index (χ1) is 12.3. The van der Waals surface area contributed by atoms with Gasteiger partial charge in [-0.15, -0.1) is 0 Å². The first kappa shape index (κ1) is 20.6. The highest BCUT2D eigenvalue weighted by atomic mass is 16.6. The van der Waals surface area contributed by atoms with Gasteiger partial charge in [0.15, 0.2) is 0 Å². The third kappa shape index (κ3) is 8.09. The van der Waals surface area contributed by atoms with Gasteiger partial charge in [-0.2, -0.15) is 0 Å². The van der Waals surface area contributed by atoms with Gasteiger partial charge in [-0.1, -0.05) is 17.7 Å². The molecule has 5 heteroatoms. The van der Waals surface area contributed by atoms with E-state index in [0.717, 1.165) is 57.7 Å². The zero-order valence-electron chi connectivity index (χ0n) is 16.7. The van der Waals surface area contributed by atoms with E-state index in [2.05, 4.69) is 29.3 Å². The Morgan fingerprint density at radius 2 is 1.81 bits per heavy atom. The molecule has 0 atom stereocenters. The molecule has 0 unspecified atom stereocenters. The smallest absolute Gasteiger partial charge is 0.407 e. The molecular formula is C21H34N2O3. The number of piperidine rings is 1. The van der Waals surface area contributed by atoms with Crippen LogP contribution in [0.15, 0.2) is 24.3 Å². The van der Waals surface area contributed by atoms with Crippen molar-refractivity contribution in [2.75, 3.05) is 26.2 Å². The predicted octanol–water partition coefficient (Wildman–Crippen LogP) is 4.14. The first-order valence-corrected chi connectivity index (χ1v) is 9.73. The molecule has 0 aliphatic carbocycles. The topological polar surface area (TPSA) is 50.8 Å². The highest BCUT2D eigenvalue weighted by Crippen LogP contribution is 2.14. The Morgan fingerprint density at radius 3 is 2.42 bits per heavy atom. The molecule has 0 radical (unpaired) electrons. The molecule has 1 N–H and O–H groups in total. The Labute approximate surface area is 158 Å². The molecule has 5 nitrogen and oxygen atoms in total. The molecule has 1 heterocycles. The van der Waals surface area contributed by atoms with Crippen molar-refractivity contribution in [3.8, 4) is 5.75 Å². The number of nitrogens with one attached hydrogen (secondary N) is 1. The van der Waals surface area contributed by atoms with Crippen LogP contribution in [0.2, 0.25) is 0 Å². The third-order valence-electron chi connectivity index (χ3n) is 4.47. The van der Waals surface area contributed by atoms with Crippen molar-refractivity contribution < 1.29 is 14.3 Å². The standard InChI is InChI=1S/C21H34N2O3/c1-17-7-9-19(10-8-17)25-16-6-5-13-23-14-11-18(12-15-23)22-20(24)26-21(2,3)4/h7-10,18H,5-6,11-16H2,1-4H3,(H,22,24). The van der Waals surface area contributed by atoms with Gasteiger partial charge in [-0.25, -0.2) is 4.79 Å². The molecule has 0 spiro atoms. The van der Waals surface area contributed by atoms with Crippen LogP contribution >= 0.6 is 0 Å². The van der Waals surface area contributed by atoms with Crippen molar-refractivity contribution in [3.63, 3.8) is 0 Å². The molecule has 1 aromatic rings. The van der Waals surface area contributed by atoms with Crippen molar-refractivity contribution in [3.05, 3.63) is 29.8 Å². The van der Waals surface area contributed by atoms with E-state index in [1.165, 1.54) is 5.56 Å². The molecule has 1 aliphatic rings. The Morgan fingerprint density at radius 1 is 1.15 bits per heavy atom. The summed E-state index contributed by atoms with van der Waals surface area (Å²) in [5, 5.41) is 2.99. The van der Waals surface area contributed by atoms with Gasteiger partial charge in [-0.05, 0) is 72.1 Å². The van der Waals surface area contributed by atoms with Gasteiger partial charge in [0.1, 0.15) is 11.4 Å². The molecular weight excluding hydrogens is 328 g/mol. The molecule has 1 aromatic carbocycles. The minimum atomic E-state index is -0.439. The minimum Gasteiger partial charge on any atom is -0.494 e. The van der Waals surface area contributed by atoms with E-state index in [4.69, 9.17) is 9.47 Å². The minimum absolute atomic E-state index is 0.228. The van der Waals surface area contributed by atoms with Crippen LogP contribution in [-0.2, 0) is 4.74 Å². The van der Waals surface area contributed by atoms with Gasteiger partial charge in [-0.3, -0.25) is 0 Å². The average molecular weight is 363 g/mol. The second kappa shape index (κ2) is 9.81. The maximum Gasteiger partial charge on any atom is 0.407 e. The van der Waals surface area contributed by atoms with E-state index in [1.54, 1.807) is 0 Å². The second-order valence-electron chi connectivity index (χ2n) is 8.13. The molecule has 1 fully saturated rings. The van der Waals surface area contributed by atoms with E-state index in [9.17, 15) is 4.79 Å². The summed E-state index contributed by atoms with van der Waals surface area (Å²) in [4.78, 5) is 14.3. The van der Waals surface area contributed by atoms with Crippen LogP contribution in [-0.4, -0.2) is 48.9 Å². The Hall–Kier alpha value is -1.75. The molecule has 1 saturated heterocycles. The molecule has 146 valence electrons. The highest BCUT2D eigenvalue weighted by molar-refractivity contribution is 5.68. The highest BCUT2D eigenvalue weighted by Gasteiger charge is 2.23. The van der Waals surface area contributed by atoms with Gasteiger partial charge in [0.25, 0.3) is 0 Å². The van der Waals surface area contributed by atoms with E-state index in [1.807, 2.05) is 32.9 Å². The van der Waals surface area contributed by atoms with Gasteiger partial charge in [0.05, 0.1) is 6.61 Å². The first-order valence-electron chi connectivity index (χ1n) is 9.73. The molecule has 1 amide bonds. The van der Waals surface area contributed by atoms with Crippen molar-refractivity contribution >= 4 is 6.09 Å². The average Bonchev–Trinajstić information content (AvgIpc) is 2.56. The Balaban J connectivity index is 1.53. The quantitative estimate of drug-likeness (QED) is 0.741. The summed E-state index contributed by atoms with van der Waals surface area (Å²) in [6.07, 6.45) is 3.86. The lowest BCUT2D eigenvalue weighted by Crippen LogP contribution is -2.46. The largest absolute Gasteiger partial charge is 0.494 e. The number of hydrogen-bond acceptors (Lipinski definition) is 4. The number of nitrogens with zero attached hydrogens (tertiary/aromatic N) is 1. The number of unbranched alkanes of at least 4 members (excludes halogenated alkanes) is 1. The van der Waals surface area contributed by atoms with E-state index in [0.29, 0.717) is 0 Å². The van der Waals surface area contributed by atoms with Crippen LogP contribution in [0.5, 0.6) is 5.75 Å². The number of likely N-dealkylation sites (tertiary alicyclic amines) is 1. The summed E-state index contributed by atoms with van der Waals surface area (Å²) < 4.78 is 11.1. The lowest BCUT2D eigenvalue weighted by atomic mass is 10.0. The summed E-state index contributed by atoms with van der Waals surface area (Å²) in [5.74, 6) is 0.949. The van der Waals surface area contributed by atoms with Crippen LogP contribution < -0.4 is 10.1 Å². The number of ether oxygens (including phenoxy) is 2. The molecule has 0 aromatic heterocycles. The zero-order chi connectivity index (χ0) is 19.0. The van der Waals surface area contributed by atoms with Crippen molar-refractivity contribution in [1.29, 1.82) is 0 Å². The van der Waals surface area contributed by atoms with Gasteiger partial charge in [0, 0.05) is 19.1 Å². The van der Waals surface area contributed by atoms with Crippen LogP contribution in [0.3, 0.4) is 0 Å². The summed E-state index contributed by atoms with van der Waals surface area (Å²) in [5.41, 5.74) is 0.813. The van der Waals surface area contributed by atoms with Crippen molar-refractivity contribution in [1.82, 2.24) is 10.2 Å². The number of aryl methyl sites for hydroxylation is 1. The lowest BCUT2D eigenvalue weighted by Gasteiger charge is -2.32. The summed E-state index contributed by atoms with van der Waals surface area (Å²) in [7, 11) is 0. The normalized spacial score (nSPS) is 16.3. The number of amides is 1. The molecule has 26 heavy (non-hydrogen) atoms. The SMILES string of the molecule is Cc1ccc(OCCCCN2CCC(NC(=O)OC(C)(C)C)CC2)cc1. The number of benzene rings is 1. The molecule has 0 saturated carbocycles. The number of rotatable bonds is 7. The van der Waals surface area contributed by atoms with E-state index in [-0.39, 0.29) is 12.1 Å². The summed E-state index contributed by atoms with van der Waals surface area (Å²) in [6.45, 7) is 11.7. The fourth-order valence-electron chi connectivity index (χ4n) is 3.04. The fraction of sp³-hybridized carbons (Fsp3) is 0.667. The maximum atomic E-state index is 11.8. The van der Waals surface area contributed by atoms with Crippen LogP contribution in [0.25, 0.3) is 0 Å². The van der Waals surface area contributed by atoms with Gasteiger partial charge in [0.2, 0.25) is 0 Å². The van der Waals surface area contributed by atoms with Crippen molar-refractivity contribution in [2.24, 2.45) is 0 Å². The monoisotopic (exact) mass is 362 g/mol. The summed E-state index contributed by atoms with van der Waals surface area (Å²) in [6, 6.07) is 8.43. The third-order valence-corrected chi connectivity index (χ3v) is 4.47. The predicted molar refractivity (Wildman–Crippen MR) is 105 cm³/mol. The van der Waals surface area contributed by atoms with E-state index < -0.39 is 5.60 Å². The lowest BCUT2D eigenvalue weighted by molar-refractivity contribution is 0.0478. The maximum absolute atomic E-state index is 11.8. The van der Waals surface area contributed by atoms with Gasteiger partial charge >= 0.3 is 6.09 Å². The number of hydrogen-bond donors (Lipinski definition) is 1. The molecule has 2 rings (SSSR count). The number of carbonyl (C=O) groups excluding carboxylic acids is 1. The summed E-state index contributed by atoms with van der Waals surface area (Å²) >= 11 is 0. The number of carbonyl (C=O) groups is 1. The Bertz CT molecular complexity index is 543. The van der Waals surface area contributed by atoms with Crippen LogP contribution in [0, 0.1) is 6.92 Å². The fourth-order valence-corrected chi connectivity index (χ4v) is 3.04. The Kier molecular flexibility index (Phi) is 7.76. The second-order valence-corrected chi connectivity index (χ2v) is 8.13. The molecule has 1 aliphatic heterocycles.